The van der Waals surface area contributed by atoms with Crippen LogP contribution in [0.25, 0.3) is 10.8 Å². The van der Waals surface area contributed by atoms with E-state index in [9.17, 15) is 9.59 Å². The molecule has 0 atom stereocenters. The minimum atomic E-state index is -0.172. The first-order valence-electron chi connectivity index (χ1n) is 10.7. The van der Waals surface area contributed by atoms with Crippen LogP contribution in [0.4, 0.5) is 11.4 Å². The quantitative estimate of drug-likeness (QED) is 0.660. The van der Waals surface area contributed by atoms with Gasteiger partial charge in [-0.15, -0.1) is 0 Å². The maximum atomic E-state index is 13.0. The second-order valence-corrected chi connectivity index (χ2v) is 8.15. The first kappa shape index (κ1) is 18.7. The Morgan fingerprint density at radius 1 is 0.833 bits per heavy atom. The fraction of sp³-hybridized carbons (Fsp3) is 0.280. The van der Waals surface area contributed by atoms with E-state index in [0.717, 1.165) is 55.2 Å². The average molecular weight is 399 g/mol. The molecule has 152 valence electrons. The van der Waals surface area contributed by atoms with Crippen LogP contribution < -0.4 is 15.5 Å². The highest BCUT2D eigenvalue weighted by atomic mass is 16.2. The average Bonchev–Trinajstić information content (AvgIpc) is 3.42. The minimum Gasteiger partial charge on any atom is -0.371 e. The van der Waals surface area contributed by atoms with Crippen molar-refractivity contribution in [2.75, 3.05) is 23.3 Å². The Morgan fingerprint density at radius 2 is 1.60 bits per heavy atom. The Hall–Kier alpha value is -3.34. The second kappa shape index (κ2) is 7.82. The summed E-state index contributed by atoms with van der Waals surface area (Å²) in [5.74, 6) is -0.227. The first-order chi connectivity index (χ1) is 14.7. The summed E-state index contributed by atoms with van der Waals surface area (Å²) < 4.78 is 0. The van der Waals surface area contributed by atoms with Crippen molar-refractivity contribution in [2.45, 2.75) is 31.7 Å². The normalized spacial score (nSPS) is 15.9. The zero-order valence-electron chi connectivity index (χ0n) is 16.9. The van der Waals surface area contributed by atoms with Gasteiger partial charge in [-0.2, -0.15) is 0 Å². The number of carbonyl (C=O) groups is 2. The molecule has 1 aliphatic heterocycles. The topological polar surface area (TPSA) is 61.4 Å². The van der Waals surface area contributed by atoms with Crippen LogP contribution in [-0.4, -0.2) is 30.9 Å². The van der Waals surface area contributed by atoms with E-state index in [1.165, 1.54) is 0 Å². The molecule has 1 saturated carbocycles. The van der Waals surface area contributed by atoms with Crippen LogP contribution in [0.2, 0.25) is 0 Å². The monoisotopic (exact) mass is 399 g/mol. The van der Waals surface area contributed by atoms with Gasteiger partial charge in [0.15, 0.2) is 0 Å². The van der Waals surface area contributed by atoms with Crippen LogP contribution in [0.1, 0.15) is 46.4 Å². The fourth-order valence-electron chi connectivity index (χ4n) is 4.14. The molecule has 1 heterocycles. The van der Waals surface area contributed by atoms with Crippen LogP contribution in [0, 0.1) is 0 Å². The van der Waals surface area contributed by atoms with Gasteiger partial charge < -0.3 is 15.5 Å². The number of rotatable bonds is 5. The van der Waals surface area contributed by atoms with Gasteiger partial charge in [-0.3, -0.25) is 9.59 Å². The minimum absolute atomic E-state index is 0.0549. The molecular weight excluding hydrogens is 374 g/mol. The van der Waals surface area contributed by atoms with Crippen LogP contribution in [-0.2, 0) is 0 Å². The van der Waals surface area contributed by atoms with E-state index < -0.39 is 0 Å². The molecule has 0 unspecified atom stereocenters. The summed E-state index contributed by atoms with van der Waals surface area (Å²) in [6.45, 7) is 1.93. The van der Waals surface area contributed by atoms with Gasteiger partial charge in [0, 0.05) is 36.1 Å². The van der Waals surface area contributed by atoms with Crippen molar-refractivity contribution >= 4 is 34.0 Å². The molecule has 5 rings (SSSR count). The number of nitrogens with one attached hydrogen (secondary N) is 2. The van der Waals surface area contributed by atoms with Gasteiger partial charge in [-0.25, -0.2) is 0 Å². The molecule has 2 N–H and O–H groups in total. The Balaban J connectivity index is 1.45. The van der Waals surface area contributed by atoms with Crippen molar-refractivity contribution in [3.05, 3.63) is 71.8 Å². The molecule has 5 heteroatoms. The molecule has 3 aromatic rings. The molecule has 0 radical (unpaired) electrons. The zero-order valence-corrected chi connectivity index (χ0v) is 16.9. The fourth-order valence-corrected chi connectivity index (χ4v) is 4.14. The summed E-state index contributed by atoms with van der Waals surface area (Å²) in [7, 11) is 0. The van der Waals surface area contributed by atoms with Crippen molar-refractivity contribution in [2.24, 2.45) is 0 Å². The van der Waals surface area contributed by atoms with Crippen molar-refractivity contribution in [1.29, 1.82) is 0 Å². The number of amides is 2. The van der Waals surface area contributed by atoms with Crippen molar-refractivity contribution < 1.29 is 9.59 Å². The number of anilines is 2. The summed E-state index contributed by atoms with van der Waals surface area (Å²) in [4.78, 5) is 28.2. The lowest BCUT2D eigenvalue weighted by Crippen LogP contribution is -2.29. The van der Waals surface area contributed by atoms with E-state index in [-0.39, 0.29) is 17.9 Å². The standard InChI is InChI=1S/C25H25N3O2/c29-24(21-9-5-7-17-6-1-2-8-20(17)21)27-19-12-13-23(28-14-3-4-15-28)22(16-19)25(30)26-18-10-11-18/h1-2,5-9,12-13,16,18H,3-4,10-11,14-15H2,(H,26,30)(H,27,29). The third-order valence-electron chi connectivity index (χ3n) is 5.89. The SMILES string of the molecule is O=C(NC1CC1)c1cc(NC(=O)c2cccc3ccccc23)ccc1N1CCCC1. The summed E-state index contributed by atoms with van der Waals surface area (Å²) in [5, 5.41) is 8.03. The highest BCUT2D eigenvalue weighted by Gasteiger charge is 2.27. The molecule has 2 fully saturated rings. The maximum Gasteiger partial charge on any atom is 0.256 e. The smallest absolute Gasteiger partial charge is 0.256 e. The molecule has 30 heavy (non-hydrogen) atoms. The van der Waals surface area contributed by atoms with Crippen molar-refractivity contribution in [3.8, 4) is 0 Å². The number of fused-ring (bicyclic) bond motifs is 1. The molecule has 0 aromatic heterocycles. The van der Waals surface area contributed by atoms with E-state index in [1.807, 2.05) is 60.7 Å². The zero-order chi connectivity index (χ0) is 20.5. The molecule has 1 saturated heterocycles. The van der Waals surface area contributed by atoms with E-state index in [1.54, 1.807) is 0 Å². The molecule has 2 amide bonds. The summed E-state index contributed by atoms with van der Waals surface area (Å²) in [6.07, 6.45) is 4.37. The third kappa shape index (κ3) is 3.75. The molecule has 0 spiro atoms. The molecule has 1 aliphatic carbocycles. The molecule has 0 bridgehead atoms. The number of carbonyl (C=O) groups excluding carboxylic acids is 2. The van der Waals surface area contributed by atoms with Crippen LogP contribution in [0.5, 0.6) is 0 Å². The number of hydrogen-bond donors (Lipinski definition) is 2. The summed E-state index contributed by atoms with van der Waals surface area (Å²) in [5.41, 5.74) is 2.85. The number of benzene rings is 3. The van der Waals surface area contributed by atoms with E-state index >= 15 is 0 Å². The number of nitrogens with zero attached hydrogens (tertiary/aromatic N) is 1. The summed E-state index contributed by atoms with van der Waals surface area (Å²) in [6, 6.07) is 19.5. The highest BCUT2D eigenvalue weighted by molar-refractivity contribution is 6.13. The molecule has 5 nitrogen and oxygen atoms in total. The second-order valence-electron chi connectivity index (χ2n) is 8.15. The van der Waals surface area contributed by atoms with Crippen molar-refractivity contribution in [1.82, 2.24) is 5.32 Å². The highest BCUT2D eigenvalue weighted by Crippen LogP contribution is 2.29. The predicted octanol–water partition coefficient (Wildman–Crippen LogP) is 4.58. The lowest BCUT2D eigenvalue weighted by Gasteiger charge is -2.22. The lowest BCUT2D eigenvalue weighted by molar-refractivity contribution is 0.0950. The van der Waals surface area contributed by atoms with E-state index in [2.05, 4.69) is 15.5 Å². The maximum absolute atomic E-state index is 13.0. The Kier molecular flexibility index (Phi) is 4.87. The van der Waals surface area contributed by atoms with Crippen LogP contribution >= 0.6 is 0 Å². The Morgan fingerprint density at radius 3 is 2.40 bits per heavy atom. The van der Waals surface area contributed by atoms with Gasteiger partial charge in [0.05, 0.1) is 5.56 Å². The van der Waals surface area contributed by atoms with Gasteiger partial charge in [-0.05, 0) is 60.7 Å². The van der Waals surface area contributed by atoms with Gasteiger partial charge in [0.1, 0.15) is 0 Å². The van der Waals surface area contributed by atoms with Gasteiger partial charge in [0.25, 0.3) is 11.8 Å². The lowest BCUT2D eigenvalue weighted by atomic mass is 10.0. The molecule has 2 aliphatic rings. The predicted molar refractivity (Wildman–Crippen MR) is 120 cm³/mol. The van der Waals surface area contributed by atoms with Gasteiger partial charge >= 0.3 is 0 Å². The molecule has 3 aromatic carbocycles. The van der Waals surface area contributed by atoms with Crippen LogP contribution in [0.3, 0.4) is 0 Å². The largest absolute Gasteiger partial charge is 0.371 e. The van der Waals surface area contributed by atoms with Crippen molar-refractivity contribution in [3.63, 3.8) is 0 Å². The molecular formula is C25H25N3O2. The Bertz CT molecular complexity index is 1110. The number of hydrogen-bond acceptors (Lipinski definition) is 3. The summed E-state index contributed by atoms with van der Waals surface area (Å²) >= 11 is 0. The van der Waals surface area contributed by atoms with E-state index in [4.69, 9.17) is 0 Å². The Labute approximate surface area is 176 Å². The third-order valence-corrected chi connectivity index (χ3v) is 5.89. The van der Waals surface area contributed by atoms with E-state index in [0.29, 0.717) is 16.8 Å². The van der Waals surface area contributed by atoms with Gasteiger partial charge in [0.2, 0.25) is 0 Å². The first-order valence-corrected chi connectivity index (χ1v) is 10.7. The van der Waals surface area contributed by atoms with Gasteiger partial charge in [-0.1, -0.05) is 36.4 Å². The van der Waals surface area contributed by atoms with Crippen LogP contribution in [0.15, 0.2) is 60.7 Å².